The van der Waals surface area contributed by atoms with E-state index in [1.165, 1.54) is 0 Å². The number of nitrogens with zero attached hydrogens (tertiary/aromatic N) is 3. The number of anilines is 2. The molecule has 1 aromatic heterocycles. The third kappa shape index (κ3) is 3.60. The molecule has 1 saturated heterocycles. The van der Waals surface area contributed by atoms with Gasteiger partial charge in [0.15, 0.2) is 0 Å². The number of nitrogens with one attached hydrogen (secondary N) is 1. The predicted molar refractivity (Wildman–Crippen MR) is 101 cm³/mol. The van der Waals surface area contributed by atoms with Gasteiger partial charge in [-0.1, -0.05) is 0 Å². The first kappa shape index (κ1) is 16.4. The molecule has 4 rings (SSSR count). The lowest BCUT2D eigenvalue weighted by molar-refractivity contribution is 0.102. The van der Waals surface area contributed by atoms with Gasteiger partial charge in [-0.25, -0.2) is 4.68 Å². The highest BCUT2D eigenvalue weighted by atomic mass is 16.5. The summed E-state index contributed by atoms with van der Waals surface area (Å²) in [5.74, 6) is -0.129. The number of aromatic nitrogens is 2. The number of morpholine rings is 1. The lowest BCUT2D eigenvalue weighted by Crippen LogP contribution is -2.36. The molecule has 0 radical (unpaired) electrons. The molecule has 1 aliphatic heterocycles. The van der Waals surface area contributed by atoms with E-state index in [2.05, 4.69) is 15.3 Å². The van der Waals surface area contributed by atoms with E-state index < -0.39 is 0 Å². The molecule has 2 heterocycles. The number of ether oxygens (including phenoxy) is 1. The van der Waals surface area contributed by atoms with Crippen LogP contribution in [0.2, 0.25) is 0 Å². The summed E-state index contributed by atoms with van der Waals surface area (Å²) < 4.78 is 7.13. The van der Waals surface area contributed by atoms with Crippen LogP contribution in [0, 0.1) is 0 Å². The molecule has 6 heteroatoms. The van der Waals surface area contributed by atoms with Crippen molar-refractivity contribution in [2.45, 2.75) is 0 Å². The van der Waals surface area contributed by atoms with Crippen molar-refractivity contribution >= 4 is 17.3 Å². The molecule has 0 unspecified atom stereocenters. The molecular formula is C20H20N4O2. The maximum Gasteiger partial charge on any atom is 0.255 e. The molecule has 0 saturated carbocycles. The summed E-state index contributed by atoms with van der Waals surface area (Å²) in [6.45, 7) is 3.31. The van der Waals surface area contributed by atoms with Gasteiger partial charge in [0.1, 0.15) is 0 Å². The Morgan fingerprint density at radius 1 is 0.962 bits per heavy atom. The Labute approximate surface area is 152 Å². The van der Waals surface area contributed by atoms with E-state index in [1.54, 1.807) is 23.0 Å². The fourth-order valence-electron chi connectivity index (χ4n) is 2.97. The standard InChI is InChI=1S/C20H20N4O2/c25-20(16-2-6-19(7-3-16)24-11-1-10-21-24)22-17-4-8-18(9-5-17)23-12-14-26-15-13-23/h1-11H,12-15H2,(H,22,25). The Balaban J connectivity index is 1.41. The van der Waals surface area contributed by atoms with Crippen LogP contribution in [-0.2, 0) is 4.74 Å². The molecule has 0 bridgehead atoms. The van der Waals surface area contributed by atoms with Gasteiger partial charge in [-0.15, -0.1) is 0 Å². The zero-order valence-corrected chi connectivity index (χ0v) is 14.3. The van der Waals surface area contributed by atoms with Crippen molar-refractivity contribution in [3.8, 4) is 5.69 Å². The van der Waals surface area contributed by atoms with Gasteiger partial charge in [-0.3, -0.25) is 4.79 Å². The predicted octanol–water partition coefficient (Wildman–Crippen LogP) is 2.96. The molecule has 0 atom stereocenters. The Bertz CT molecular complexity index is 852. The van der Waals surface area contributed by atoms with Gasteiger partial charge in [0.05, 0.1) is 18.9 Å². The highest BCUT2D eigenvalue weighted by Gasteiger charge is 2.11. The Kier molecular flexibility index (Phi) is 4.66. The molecule has 1 aliphatic rings. The second-order valence-electron chi connectivity index (χ2n) is 6.10. The number of carbonyl (C=O) groups excluding carboxylic acids is 1. The summed E-state index contributed by atoms with van der Waals surface area (Å²) in [6.07, 6.45) is 3.59. The van der Waals surface area contributed by atoms with E-state index in [4.69, 9.17) is 4.74 Å². The molecule has 3 aromatic rings. The van der Waals surface area contributed by atoms with Gasteiger partial charge in [0.25, 0.3) is 5.91 Å². The van der Waals surface area contributed by atoms with Crippen LogP contribution in [0.5, 0.6) is 0 Å². The van der Waals surface area contributed by atoms with E-state index >= 15 is 0 Å². The minimum absolute atomic E-state index is 0.129. The van der Waals surface area contributed by atoms with Crippen molar-refractivity contribution in [3.05, 3.63) is 72.6 Å². The van der Waals surface area contributed by atoms with Crippen LogP contribution in [0.15, 0.2) is 67.0 Å². The summed E-state index contributed by atoms with van der Waals surface area (Å²) in [5.41, 5.74) is 3.46. The fraction of sp³-hybridized carbons (Fsp3) is 0.200. The minimum atomic E-state index is -0.129. The first-order valence-corrected chi connectivity index (χ1v) is 8.64. The van der Waals surface area contributed by atoms with Gasteiger partial charge in [0.2, 0.25) is 0 Å². The van der Waals surface area contributed by atoms with Crippen LogP contribution in [0.3, 0.4) is 0 Å². The fourth-order valence-corrected chi connectivity index (χ4v) is 2.97. The van der Waals surface area contributed by atoms with Crippen LogP contribution in [0.4, 0.5) is 11.4 Å². The molecule has 0 spiro atoms. The summed E-state index contributed by atoms with van der Waals surface area (Å²) in [7, 11) is 0. The third-order valence-electron chi connectivity index (χ3n) is 4.40. The molecule has 2 aromatic carbocycles. The molecule has 0 aliphatic carbocycles. The molecule has 1 fully saturated rings. The summed E-state index contributed by atoms with van der Waals surface area (Å²) in [6, 6.07) is 17.1. The topological polar surface area (TPSA) is 59.4 Å². The SMILES string of the molecule is O=C(Nc1ccc(N2CCOCC2)cc1)c1ccc(-n2cccn2)cc1. The number of benzene rings is 2. The first-order chi connectivity index (χ1) is 12.8. The van der Waals surface area contributed by atoms with Gasteiger partial charge < -0.3 is 15.0 Å². The van der Waals surface area contributed by atoms with Gasteiger partial charge in [-0.2, -0.15) is 5.10 Å². The highest BCUT2D eigenvalue weighted by molar-refractivity contribution is 6.04. The first-order valence-electron chi connectivity index (χ1n) is 8.64. The largest absolute Gasteiger partial charge is 0.378 e. The van der Waals surface area contributed by atoms with Crippen LogP contribution < -0.4 is 10.2 Å². The number of amides is 1. The Hall–Kier alpha value is -3.12. The van der Waals surface area contributed by atoms with E-state index in [0.717, 1.165) is 43.4 Å². The second kappa shape index (κ2) is 7.41. The average Bonchev–Trinajstić information content (AvgIpc) is 3.24. The zero-order chi connectivity index (χ0) is 17.8. The van der Waals surface area contributed by atoms with Crippen molar-refractivity contribution in [1.82, 2.24) is 9.78 Å². The summed E-state index contributed by atoms with van der Waals surface area (Å²) in [5, 5.41) is 7.12. The Morgan fingerprint density at radius 3 is 2.31 bits per heavy atom. The lowest BCUT2D eigenvalue weighted by Gasteiger charge is -2.28. The van der Waals surface area contributed by atoms with E-state index in [1.807, 2.05) is 48.7 Å². The van der Waals surface area contributed by atoms with Crippen molar-refractivity contribution in [1.29, 1.82) is 0 Å². The van der Waals surface area contributed by atoms with E-state index in [9.17, 15) is 4.79 Å². The number of rotatable bonds is 4. The normalized spacial score (nSPS) is 14.2. The zero-order valence-electron chi connectivity index (χ0n) is 14.3. The van der Waals surface area contributed by atoms with Crippen LogP contribution >= 0.6 is 0 Å². The van der Waals surface area contributed by atoms with Crippen molar-refractivity contribution in [2.24, 2.45) is 0 Å². The second-order valence-corrected chi connectivity index (χ2v) is 6.10. The molecule has 26 heavy (non-hydrogen) atoms. The number of hydrogen-bond donors (Lipinski definition) is 1. The van der Waals surface area contributed by atoms with E-state index in [0.29, 0.717) is 5.56 Å². The van der Waals surface area contributed by atoms with Gasteiger partial charge >= 0.3 is 0 Å². The van der Waals surface area contributed by atoms with Crippen LogP contribution in [-0.4, -0.2) is 42.0 Å². The molecule has 132 valence electrons. The maximum atomic E-state index is 12.4. The molecule has 1 amide bonds. The number of hydrogen-bond acceptors (Lipinski definition) is 4. The van der Waals surface area contributed by atoms with Gasteiger partial charge in [0, 0.05) is 42.4 Å². The average molecular weight is 348 g/mol. The van der Waals surface area contributed by atoms with E-state index in [-0.39, 0.29) is 5.91 Å². The quantitative estimate of drug-likeness (QED) is 0.787. The smallest absolute Gasteiger partial charge is 0.255 e. The Morgan fingerprint density at radius 2 is 1.65 bits per heavy atom. The summed E-state index contributed by atoms with van der Waals surface area (Å²) in [4.78, 5) is 14.7. The van der Waals surface area contributed by atoms with Gasteiger partial charge in [-0.05, 0) is 54.6 Å². The maximum absolute atomic E-state index is 12.4. The number of carbonyl (C=O) groups is 1. The lowest BCUT2D eigenvalue weighted by atomic mass is 10.2. The van der Waals surface area contributed by atoms with Crippen LogP contribution in [0.1, 0.15) is 10.4 Å². The molecule has 6 nitrogen and oxygen atoms in total. The minimum Gasteiger partial charge on any atom is -0.378 e. The monoisotopic (exact) mass is 348 g/mol. The van der Waals surface area contributed by atoms with Crippen molar-refractivity contribution in [3.63, 3.8) is 0 Å². The van der Waals surface area contributed by atoms with Crippen LogP contribution in [0.25, 0.3) is 5.69 Å². The van der Waals surface area contributed by atoms with Crippen molar-refractivity contribution in [2.75, 3.05) is 36.5 Å². The highest BCUT2D eigenvalue weighted by Crippen LogP contribution is 2.19. The third-order valence-corrected chi connectivity index (χ3v) is 4.40. The summed E-state index contributed by atoms with van der Waals surface area (Å²) >= 11 is 0. The van der Waals surface area contributed by atoms with Crippen molar-refractivity contribution < 1.29 is 9.53 Å². The molecular weight excluding hydrogens is 328 g/mol. The molecule has 1 N–H and O–H groups in total.